The topological polar surface area (TPSA) is 55.1 Å². The van der Waals surface area contributed by atoms with E-state index >= 15 is 0 Å². The van der Waals surface area contributed by atoms with Crippen molar-refractivity contribution in [2.75, 3.05) is 11.9 Å². The number of benzene rings is 1. The average Bonchev–Trinajstić information content (AvgIpc) is 2.22. The molecule has 16 heavy (non-hydrogen) atoms. The minimum atomic E-state index is -0.0689. The Labute approximate surface area is 112 Å². The molecule has 0 radical (unpaired) electrons. The summed E-state index contributed by atoms with van der Waals surface area (Å²) in [5.74, 6) is -0.0750. The first-order valence-corrected chi connectivity index (χ1v) is 6.59. The van der Waals surface area contributed by atoms with Crippen molar-refractivity contribution < 1.29 is 4.79 Å². The molecule has 3 N–H and O–H groups in total. The highest BCUT2D eigenvalue weighted by Gasteiger charge is 2.13. The minimum Gasteiger partial charge on any atom is -0.330 e. The van der Waals surface area contributed by atoms with Gasteiger partial charge in [0.1, 0.15) is 0 Å². The van der Waals surface area contributed by atoms with E-state index in [1.807, 2.05) is 25.1 Å². The molecule has 0 aliphatic rings. The van der Waals surface area contributed by atoms with Crippen molar-refractivity contribution in [2.24, 2.45) is 11.7 Å². The Morgan fingerprint density at radius 1 is 1.50 bits per heavy atom. The SMILES string of the molecule is CC(CCN)C(=O)Nc1ccc(Br)cc1Br. The molecule has 0 aromatic heterocycles. The van der Waals surface area contributed by atoms with Gasteiger partial charge >= 0.3 is 0 Å². The summed E-state index contributed by atoms with van der Waals surface area (Å²) in [5.41, 5.74) is 6.19. The highest BCUT2D eigenvalue weighted by molar-refractivity contribution is 9.11. The lowest BCUT2D eigenvalue weighted by Gasteiger charge is -2.12. The number of hydrogen-bond donors (Lipinski definition) is 2. The quantitative estimate of drug-likeness (QED) is 0.877. The zero-order valence-corrected chi connectivity index (χ0v) is 12.1. The summed E-state index contributed by atoms with van der Waals surface area (Å²) in [6, 6.07) is 5.62. The second-order valence-electron chi connectivity index (χ2n) is 3.59. The molecule has 0 aliphatic carbocycles. The van der Waals surface area contributed by atoms with Gasteiger partial charge in [0.2, 0.25) is 5.91 Å². The van der Waals surface area contributed by atoms with Gasteiger partial charge < -0.3 is 11.1 Å². The van der Waals surface area contributed by atoms with Crippen molar-refractivity contribution in [1.29, 1.82) is 0 Å². The number of hydrogen-bond acceptors (Lipinski definition) is 2. The first kappa shape index (κ1) is 13.7. The van der Waals surface area contributed by atoms with Gasteiger partial charge in [-0.2, -0.15) is 0 Å². The molecule has 1 rings (SSSR count). The highest BCUT2D eigenvalue weighted by Crippen LogP contribution is 2.26. The lowest BCUT2D eigenvalue weighted by molar-refractivity contribution is -0.119. The Balaban J connectivity index is 2.69. The third kappa shape index (κ3) is 3.88. The first-order chi connectivity index (χ1) is 7.54. The molecule has 0 saturated heterocycles. The van der Waals surface area contributed by atoms with E-state index < -0.39 is 0 Å². The number of nitrogens with two attached hydrogens (primary N) is 1. The van der Waals surface area contributed by atoms with Gasteiger partial charge in [-0.3, -0.25) is 4.79 Å². The van der Waals surface area contributed by atoms with Crippen LogP contribution in [0.4, 0.5) is 5.69 Å². The van der Waals surface area contributed by atoms with E-state index in [1.165, 1.54) is 0 Å². The van der Waals surface area contributed by atoms with Crippen LogP contribution < -0.4 is 11.1 Å². The van der Waals surface area contributed by atoms with Crippen molar-refractivity contribution in [3.05, 3.63) is 27.1 Å². The largest absolute Gasteiger partial charge is 0.330 e. The molecule has 0 fully saturated rings. The molecule has 0 aliphatic heterocycles. The number of halogens is 2. The molecule has 0 bridgehead atoms. The van der Waals surface area contributed by atoms with Gasteiger partial charge in [0.25, 0.3) is 0 Å². The van der Waals surface area contributed by atoms with Crippen LogP contribution in [0.25, 0.3) is 0 Å². The molecule has 0 spiro atoms. The lowest BCUT2D eigenvalue weighted by atomic mass is 10.1. The average molecular weight is 350 g/mol. The number of amides is 1. The third-order valence-corrected chi connectivity index (χ3v) is 3.39. The number of carbonyl (C=O) groups excluding carboxylic acids is 1. The van der Waals surface area contributed by atoms with Gasteiger partial charge in [-0.05, 0) is 47.1 Å². The maximum atomic E-state index is 11.7. The molecule has 1 unspecified atom stereocenters. The fourth-order valence-corrected chi connectivity index (χ4v) is 2.37. The van der Waals surface area contributed by atoms with Gasteiger partial charge in [0, 0.05) is 14.9 Å². The molecule has 3 nitrogen and oxygen atoms in total. The predicted molar refractivity (Wildman–Crippen MR) is 73.3 cm³/mol. The Kier molecular flexibility index (Phi) is 5.44. The predicted octanol–water partition coefficient (Wildman–Crippen LogP) is 3.14. The van der Waals surface area contributed by atoms with Crippen molar-refractivity contribution in [1.82, 2.24) is 0 Å². The molecule has 1 aromatic carbocycles. The molecular weight excluding hydrogens is 336 g/mol. The van der Waals surface area contributed by atoms with Crippen LogP contribution in [0.2, 0.25) is 0 Å². The van der Waals surface area contributed by atoms with Crippen molar-refractivity contribution in [3.8, 4) is 0 Å². The van der Waals surface area contributed by atoms with Crippen LogP contribution >= 0.6 is 31.9 Å². The maximum absolute atomic E-state index is 11.7. The van der Waals surface area contributed by atoms with E-state index in [1.54, 1.807) is 0 Å². The van der Waals surface area contributed by atoms with Crippen molar-refractivity contribution in [2.45, 2.75) is 13.3 Å². The number of nitrogens with one attached hydrogen (secondary N) is 1. The summed E-state index contributed by atoms with van der Waals surface area (Å²) >= 11 is 6.75. The van der Waals surface area contributed by atoms with Gasteiger partial charge in [-0.1, -0.05) is 22.9 Å². The fraction of sp³-hybridized carbons (Fsp3) is 0.364. The highest BCUT2D eigenvalue weighted by atomic mass is 79.9. The second-order valence-corrected chi connectivity index (χ2v) is 5.36. The van der Waals surface area contributed by atoms with Crippen LogP contribution in [0.3, 0.4) is 0 Å². The molecule has 1 atom stereocenters. The van der Waals surface area contributed by atoms with Crippen molar-refractivity contribution in [3.63, 3.8) is 0 Å². The van der Waals surface area contributed by atoms with E-state index in [9.17, 15) is 4.79 Å². The van der Waals surface area contributed by atoms with E-state index in [-0.39, 0.29) is 11.8 Å². The summed E-state index contributed by atoms with van der Waals surface area (Å²) in [7, 11) is 0. The van der Waals surface area contributed by atoms with Gasteiger partial charge in [-0.25, -0.2) is 0 Å². The minimum absolute atomic E-state index is 0.00604. The van der Waals surface area contributed by atoms with Gasteiger partial charge in [-0.15, -0.1) is 0 Å². The Morgan fingerprint density at radius 3 is 2.75 bits per heavy atom. The number of rotatable bonds is 4. The summed E-state index contributed by atoms with van der Waals surface area (Å²) < 4.78 is 1.82. The summed E-state index contributed by atoms with van der Waals surface area (Å²) in [6.45, 7) is 2.39. The standard InChI is InChI=1S/C11H14Br2N2O/c1-7(4-5-14)11(16)15-10-3-2-8(12)6-9(10)13/h2-3,6-7H,4-5,14H2,1H3,(H,15,16). The molecular formula is C11H14Br2N2O. The Morgan fingerprint density at radius 2 is 2.19 bits per heavy atom. The lowest BCUT2D eigenvalue weighted by Crippen LogP contribution is -2.22. The van der Waals surface area contributed by atoms with Crippen LogP contribution in [0, 0.1) is 5.92 Å². The van der Waals surface area contributed by atoms with Crippen LogP contribution in [0.5, 0.6) is 0 Å². The molecule has 1 amide bonds. The summed E-state index contributed by atoms with van der Waals surface area (Å²) in [4.78, 5) is 11.7. The molecule has 1 aromatic rings. The van der Waals surface area contributed by atoms with E-state index in [0.717, 1.165) is 14.6 Å². The zero-order valence-electron chi connectivity index (χ0n) is 8.97. The second kappa shape index (κ2) is 6.37. The summed E-state index contributed by atoms with van der Waals surface area (Å²) in [5, 5.41) is 2.86. The van der Waals surface area contributed by atoms with E-state index in [4.69, 9.17) is 5.73 Å². The normalized spacial score (nSPS) is 12.2. The molecule has 0 saturated carbocycles. The Hall–Kier alpha value is -0.390. The third-order valence-electron chi connectivity index (χ3n) is 2.24. The zero-order chi connectivity index (χ0) is 12.1. The smallest absolute Gasteiger partial charge is 0.227 e. The van der Waals surface area contributed by atoms with Crippen LogP contribution in [0.15, 0.2) is 27.1 Å². The van der Waals surface area contributed by atoms with Crippen LogP contribution in [-0.4, -0.2) is 12.5 Å². The maximum Gasteiger partial charge on any atom is 0.227 e. The molecule has 0 heterocycles. The first-order valence-electron chi connectivity index (χ1n) is 5.00. The van der Waals surface area contributed by atoms with Crippen LogP contribution in [-0.2, 0) is 4.79 Å². The van der Waals surface area contributed by atoms with Gasteiger partial charge in [0.05, 0.1) is 5.69 Å². The molecule has 88 valence electrons. The monoisotopic (exact) mass is 348 g/mol. The van der Waals surface area contributed by atoms with Crippen molar-refractivity contribution >= 4 is 43.5 Å². The Bertz CT molecular complexity index is 382. The van der Waals surface area contributed by atoms with Gasteiger partial charge in [0.15, 0.2) is 0 Å². The molecule has 5 heteroatoms. The number of carbonyl (C=O) groups is 1. The fourth-order valence-electron chi connectivity index (χ4n) is 1.23. The van der Waals surface area contributed by atoms with Crippen LogP contribution in [0.1, 0.15) is 13.3 Å². The van der Waals surface area contributed by atoms with E-state index in [0.29, 0.717) is 13.0 Å². The number of anilines is 1. The van der Waals surface area contributed by atoms with E-state index in [2.05, 4.69) is 37.2 Å². The summed E-state index contributed by atoms with van der Waals surface area (Å²) in [6.07, 6.45) is 0.694.